The molecule has 1 aliphatic heterocycles. The zero-order valence-corrected chi connectivity index (χ0v) is 18.4. The summed E-state index contributed by atoms with van der Waals surface area (Å²) >= 11 is 0. The van der Waals surface area contributed by atoms with Gasteiger partial charge in [-0.1, -0.05) is 12.1 Å². The van der Waals surface area contributed by atoms with Gasteiger partial charge in [0, 0.05) is 36.5 Å². The van der Waals surface area contributed by atoms with Crippen molar-refractivity contribution in [1.29, 1.82) is 0 Å². The predicted molar refractivity (Wildman–Crippen MR) is 120 cm³/mol. The fourth-order valence-electron chi connectivity index (χ4n) is 4.21. The second-order valence-electron chi connectivity index (χ2n) is 7.93. The van der Waals surface area contributed by atoms with Crippen LogP contribution in [0.15, 0.2) is 60.0 Å². The average Bonchev–Trinajstić information content (AvgIpc) is 3.25. The van der Waals surface area contributed by atoms with E-state index in [1.807, 2.05) is 31.2 Å². The minimum absolute atomic E-state index is 0.256. The third-order valence-electron chi connectivity index (χ3n) is 6.01. The third-order valence-corrected chi connectivity index (χ3v) is 7.91. The predicted octanol–water partition coefficient (Wildman–Crippen LogP) is 2.65. The molecule has 1 saturated heterocycles. The van der Waals surface area contributed by atoms with Crippen LogP contribution in [0.4, 0.5) is 5.82 Å². The lowest BCUT2D eigenvalue weighted by atomic mass is 9.94. The van der Waals surface area contributed by atoms with Crippen LogP contribution in [0.2, 0.25) is 0 Å². The van der Waals surface area contributed by atoms with Crippen LogP contribution >= 0.6 is 0 Å². The Balaban J connectivity index is 1.44. The van der Waals surface area contributed by atoms with Crippen LogP contribution in [0.25, 0.3) is 16.9 Å². The van der Waals surface area contributed by atoms with Crippen LogP contribution in [-0.2, 0) is 10.0 Å². The van der Waals surface area contributed by atoms with E-state index in [2.05, 4.69) is 20.1 Å². The maximum atomic E-state index is 13.4. The monoisotopic (exact) mass is 449 g/mol. The number of fused-ring (bicyclic) bond motifs is 1. The minimum Gasteiger partial charge on any atom is -0.381 e. The summed E-state index contributed by atoms with van der Waals surface area (Å²) in [5.41, 5.74) is 9.67. The van der Waals surface area contributed by atoms with Crippen LogP contribution in [0.5, 0.6) is 0 Å². The van der Waals surface area contributed by atoms with Crippen molar-refractivity contribution in [3.05, 3.63) is 66.4 Å². The molecule has 2 N–H and O–H groups in total. The lowest BCUT2D eigenvalue weighted by Gasteiger charge is -2.31. The lowest BCUT2D eigenvalue weighted by molar-refractivity contribution is 0.316. The summed E-state index contributed by atoms with van der Waals surface area (Å²) < 4.78 is 30.0. The van der Waals surface area contributed by atoms with Crippen molar-refractivity contribution < 1.29 is 8.42 Å². The summed E-state index contributed by atoms with van der Waals surface area (Å²) in [6, 6.07) is 11.0. The van der Waals surface area contributed by atoms with Crippen molar-refractivity contribution in [3.8, 4) is 11.3 Å². The second kappa shape index (κ2) is 7.95. The van der Waals surface area contributed by atoms with Crippen molar-refractivity contribution in [3.63, 3.8) is 0 Å². The van der Waals surface area contributed by atoms with Crippen molar-refractivity contribution in [1.82, 2.24) is 28.9 Å². The van der Waals surface area contributed by atoms with E-state index in [4.69, 9.17) is 5.73 Å². The Morgan fingerprint density at radius 2 is 1.88 bits per heavy atom. The lowest BCUT2D eigenvalue weighted by Crippen LogP contribution is -2.38. The zero-order valence-electron chi connectivity index (χ0n) is 17.6. The van der Waals surface area contributed by atoms with Gasteiger partial charge in [-0.2, -0.15) is 9.40 Å². The van der Waals surface area contributed by atoms with Gasteiger partial charge in [0.1, 0.15) is 6.33 Å². The second-order valence-corrected chi connectivity index (χ2v) is 9.87. The van der Waals surface area contributed by atoms with Crippen LogP contribution in [0, 0.1) is 6.92 Å². The fraction of sp³-hybridized carbons (Fsp3) is 0.273. The molecule has 3 aromatic heterocycles. The Kier molecular flexibility index (Phi) is 5.10. The van der Waals surface area contributed by atoms with Gasteiger partial charge in [-0.25, -0.2) is 22.9 Å². The minimum atomic E-state index is -3.63. The molecule has 4 heterocycles. The van der Waals surface area contributed by atoms with E-state index >= 15 is 0 Å². The molecule has 10 heteroatoms. The first-order valence-corrected chi connectivity index (χ1v) is 11.9. The highest BCUT2D eigenvalue weighted by Gasteiger charge is 2.31. The molecule has 32 heavy (non-hydrogen) atoms. The van der Waals surface area contributed by atoms with Crippen molar-refractivity contribution in [2.24, 2.45) is 0 Å². The van der Waals surface area contributed by atoms with E-state index in [0.717, 1.165) is 29.7 Å². The number of imidazole rings is 1. The Morgan fingerprint density at radius 1 is 1.06 bits per heavy atom. The number of pyridine rings is 1. The SMILES string of the molecule is Cc1ccc(S(=O)(=O)N2CCC(c3ccccn3)CC2)cc1-c1cnc2c(N)ncnn12. The number of anilines is 1. The van der Waals surface area contributed by atoms with Gasteiger partial charge in [0.2, 0.25) is 10.0 Å². The molecule has 1 fully saturated rings. The first-order valence-electron chi connectivity index (χ1n) is 10.4. The molecule has 0 amide bonds. The summed E-state index contributed by atoms with van der Waals surface area (Å²) in [7, 11) is -3.63. The van der Waals surface area contributed by atoms with Gasteiger partial charge in [0.25, 0.3) is 0 Å². The van der Waals surface area contributed by atoms with E-state index < -0.39 is 10.0 Å². The quantitative estimate of drug-likeness (QED) is 0.509. The molecule has 0 bridgehead atoms. The van der Waals surface area contributed by atoms with Gasteiger partial charge in [-0.3, -0.25) is 4.98 Å². The molecule has 0 unspecified atom stereocenters. The number of sulfonamides is 1. The molecule has 1 aromatic carbocycles. The molecule has 1 aliphatic rings. The van der Waals surface area contributed by atoms with Crippen LogP contribution < -0.4 is 5.73 Å². The summed E-state index contributed by atoms with van der Waals surface area (Å²) in [4.78, 5) is 12.9. The largest absolute Gasteiger partial charge is 0.381 e. The van der Waals surface area contributed by atoms with E-state index in [-0.39, 0.29) is 16.6 Å². The van der Waals surface area contributed by atoms with Gasteiger partial charge < -0.3 is 5.73 Å². The number of rotatable bonds is 4. The Hall–Kier alpha value is -3.37. The van der Waals surface area contributed by atoms with E-state index in [9.17, 15) is 8.42 Å². The molecule has 0 aliphatic carbocycles. The van der Waals surface area contributed by atoms with Crippen LogP contribution in [0.3, 0.4) is 0 Å². The van der Waals surface area contributed by atoms with Crippen molar-refractivity contribution in [2.45, 2.75) is 30.6 Å². The Labute approximate surface area is 186 Å². The molecule has 5 rings (SSSR count). The summed E-state index contributed by atoms with van der Waals surface area (Å²) in [5, 5.41) is 4.24. The number of nitrogens with two attached hydrogens (primary N) is 1. The first-order chi connectivity index (χ1) is 15.4. The summed E-state index contributed by atoms with van der Waals surface area (Å²) in [5.74, 6) is 0.544. The molecule has 0 saturated carbocycles. The molecule has 9 nitrogen and oxygen atoms in total. The van der Waals surface area contributed by atoms with Gasteiger partial charge in [0.15, 0.2) is 11.5 Å². The molecule has 0 radical (unpaired) electrons. The normalized spacial score (nSPS) is 15.9. The number of hydrogen-bond donors (Lipinski definition) is 1. The first kappa shape index (κ1) is 20.5. The highest BCUT2D eigenvalue weighted by atomic mass is 32.2. The third kappa shape index (κ3) is 3.51. The smallest absolute Gasteiger partial charge is 0.243 e. The zero-order chi connectivity index (χ0) is 22.3. The maximum absolute atomic E-state index is 13.4. The summed E-state index contributed by atoms with van der Waals surface area (Å²) in [6.45, 7) is 2.85. The molecule has 0 spiro atoms. The van der Waals surface area contributed by atoms with Gasteiger partial charge in [0.05, 0.1) is 16.8 Å². The molecule has 0 atom stereocenters. The number of aromatic nitrogens is 5. The number of nitrogens with zero attached hydrogens (tertiary/aromatic N) is 6. The number of benzene rings is 1. The summed E-state index contributed by atoms with van der Waals surface area (Å²) in [6.07, 6.45) is 6.27. The van der Waals surface area contributed by atoms with Gasteiger partial charge in [-0.05, 0) is 49.6 Å². The van der Waals surface area contributed by atoms with Crippen LogP contribution in [-0.4, -0.2) is 50.4 Å². The fourth-order valence-corrected chi connectivity index (χ4v) is 5.71. The van der Waals surface area contributed by atoms with E-state index in [1.54, 1.807) is 33.3 Å². The number of piperidine rings is 1. The Bertz CT molecular complexity index is 1380. The van der Waals surface area contributed by atoms with E-state index in [0.29, 0.717) is 24.4 Å². The molecule has 164 valence electrons. The van der Waals surface area contributed by atoms with Gasteiger partial charge in [-0.15, -0.1) is 0 Å². The topological polar surface area (TPSA) is 119 Å². The van der Waals surface area contributed by atoms with Crippen molar-refractivity contribution in [2.75, 3.05) is 18.8 Å². The van der Waals surface area contributed by atoms with Crippen LogP contribution in [0.1, 0.15) is 30.0 Å². The van der Waals surface area contributed by atoms with Gasteiger partial charge >= 0.3 is 0 Å². The number of hydrogen-bond acceptors (Lipinski definition) is 7. The Morgan fingerprint density at radius 3 is 2.62 bits per heavy atom. The van der Waals surface area contributed by atoms with Crippen molar-refractivity contribution >= 4 is 21.5 Å². The molecule has 4 aromatic rings. The maximum Gasteiger partial charge on any atom is 0.243 e. The number of aryl methyl sites for hydroxylation is 1. The highest BCUT2D eigenvalue weighted by molar-refractivity contribution is 7.89. The standard InChI is InChI=1S/C22H23N7O2S/c1-15-5-6-17(12-18(15)20-13-25-22-21(23)26-14-27-29(20)22)32(30,31)28-10-7-16(8-11-28)19-4-2-3-9-24-19/h2-6,9,12-14,16H,7-8,10-11H2,1H3,(H2,23,26,27). The highest BCUT2D eigenvalue weighted by Crippen LogP contribution is 2.32. The molecular weight excluding hydrogens is 426 g/mol. The van der Waals surface area contributed by atoms with E-state index in [1.165, 1.54) is 6.33 Å². The molecular formula is C22H23N7O2S. The average molecular weight is 450 g/mol. The number of nitrogen functional groups attached to an aromatic ring is 1.